The van der Waals surface area contributed by atoms with Gasteiger partial charge in [-0.05, 0) is 38.6 Å². The molecule has 6 heteroatoms. The Labute approximate surface area is 160 Å². The van der Waals surface area contributed by atoms with Gasteiger partial charge >= 0.3 is 5.97 Å². The lowest BCUT2D eigenvalue weighted by Gasteiger charge is -2.25. The van der Waals surface area contributed by atoms with Gasteiger partial charge in [0, 0.05) is 12.2 Å². The standard InChI is InChI=1S/C21H29N3O3/c1-6-10-16-18(21(26)27-5)14(2)23-19(16)20(25)22-13-17(24(3)4)15-11-8-7-9-12-15/h7-9,11-12,17,23H,6,10,13H2,1-5H3,(H,22,25). The predicted molar refractivity (Wildman–Crippen MR) is 106 cm³/mol. The Bertz CT molecular complexity index is 781. The topological polar surface area (TPSA) is 74.4 Å². The average Bonchev–Trinajstić information content (AvgIpc) is 2.98. The summed E-state index contributed by atoms with van der Waals surface area (Å²) >= 11 is 0. The van der Waals surface area contributed by atoms with Crippen LogP contribution in [0.1, 0.15) is 57.1 Å². The van der Waals surface area contributed by atoms with Gasteiger partial charge in [-0.15, -0.1) is 0 Å². The summed E-state index contributed by atoms with van der Waals surface area (Å²) in [6, 6.07) is 10.1. The van der Waals surface area contributed by atoms with Gasteiger partial charge in [0.05, 0.1) is 18.7 Å². The van der Waals surface area contributed by atoms with Crippen LogP contribution in [0.3, 0.4) is 0 Å². The first-order valence-electron chi connectivity index (χ1n) is 9.20. The number of nitrogens with zero attached hydrogens (tertiary/aromatic N) is 1. The number of hydrogen-bond donors (Lipinski definition) is 2. The Morgan fingerprint density at radius 2 is 1.89 bits per heavy atom. The summed E-state index contributed by atoms with van der Waals surface area (Å²) in [6.07, 6.45) is 1.46. The molecule has 0 aliphatic carbocycles. The number of H-pyrrole nitrogens is 1. The molecule has 0 radical (unpaired) electrons. The fourth-order valence-corrected chi connectivity index (χ4v) is 3.30. The highest BCUT2D eigenvalue weighted by atomic mass is 16.5. The highest BCUT2D eigenvalue weighted by Gasteiger charge is 2.25. The van der Waals surface area contributed by atoms with Gasteiger partial charge in [0.15, 0.2) is 0 Å². The minimum Gasteiger partial charge on any atom is -0.465 e. The minimum absolute atomic E-state index is 0.0564. The normalized spacial score (nSPS) is 12.1. The third kappa shape index (κ3) is 4.77. The first-order chi connectivity index (χ1) is 12.9. The van der Waals surface area contributed by atoms with E-state index < -0.39 is 5.97 Å². The van der Waals surface area contributed by atoms with Gasteiger partial charge in [-0.3, -0.25) is 4.79 Å². The monoisotopic (exact) mass is 371 g/mol. The van der Waals surface area contributed by atoms with Gasteiger partial charge in [0.25, 0.3) is 5.91 Å². The first-order valence-corrected chi connectivity index (χ1v) is 9.20. The Balaban J connectivity index is 2.23. The first kappa shape index (κ1) is 20.7. The lowest BCUT2D eigenvalue weighted by atomic mass is 10.0. The number of rotatable bonds is 8. The molecular weight excluding hydrogens is 342 g/mol. The molecular formula is C21H29N3O3. The van der Waals surface area contributed by atoms with Crippen molar-refractivity contribution in [2.24, 2.45) is 0 Å². The molecule has 1 atom stereocenters. The van der Waals surface area contributed by atoms with Crippen molar-refractivity contribution in [1.29, 1.82) is 0 Å². The number of aryl methyl sites for hydroxylation is 1. The van der Waals surface area contributed by atoms with E-state index in [1.807, 2.05) is 51.4 Å². The molecule has 6 nitrogen and oxygen atoms in total. The molecule has 0 bridgehead atoms. The van der Waals surface area contributed by atoms with Crippen molar-refractivity contribution in [1.82, 2.24) is 15.2 Å². The molecule has 0 saturated carbocycles. The second-order valence-electron chi connectivity index (χ2n) is 6.82. The van der Waals surface area contributed by atoms with E-state index in [1.165, 1.54) is 7.11 Å². The van der Waals surface area contributed by atoms with Crippen molar-refractivity contribution in [3.63, 3.8) is 0 Å². The molecule has 0 saturated heterocycles. The van der Waals surface area contributed by atoms with Gasteiger partial charge in [-0.1, -0.05) is 43.7 Å². The van der Waals surface area contributed by atoms with Crippen LogP contribution in [0.25, 0.3) is 0 Å². The predicted octanol–water partition coefficient (Wildman–Crippen LogP) is 3.09. The van der Waals surface area contributed by atoms with E-state index in [9.17, 15) is 9.59 Å². The van der Waals surface area contributed by atoms with Crippen LogP contribution < -0.4 is 5.32 Å². The zero-order valence-electron chi connectivity index (χ0n) is 16.8. The molecule has 1 aromatic heterocycles. The fraction of sp³-hybridized carbons (Fsp3) is 0.429. The summed E-state index contributed by atoms with van der Waals surface area (Å²) in [5.74, 6) is -0.624. The number of likely N-dealkylation sites (N-methyl/N-ethyl adjacent to an activating group) is 1. The number of hydrogen-bond acceptors (Lipinski definition) is 4. The van der Waals surface area contributed by atoms with E-state index >= 15 is 0 Å². The number of aromatic nitrogens is 1. The van der Waals surface area contributed by atoms with Crippen LogP contribution >= 0.6 is 0 Å². The van der Waals surface area contributed by atoms with E-state index in [0.717, 1.165) is 17.5 Å². The molecule has 1 amide bonds. The minimum atomic E-state index is -0.415. The van der Waals surface area contributed by atoms with Gasteiger partial charge in [-0.2, -0.15) is 0 Å². The Morgan fingerprint density at radius 1 is 1.22 bits per heavy atom. The summed E-state index contributed by atoms with van der Waals surface area (Å²) in [5, 5.41) is 3.01. The van der Waals surface area contributed by atoms with E-state index in [0.29, 0.717) is 29.9 Å². The number of aromatic amines is 1. The van der Waals surface area contributed by atoms with E-state index in [2.05, 4.69) is 15.2 Å². The van der Waals surface area contributed by atoms with Crippen molar-refractivity contribution in [3.8, 4) is 0 Å². The lowest BCUT2D eigenvalue weighted by Crippen LogP contribution is -2.35. The number of nitrogens with one attached hydrogen (secondary N) is 2. The second kappa shape index (κ2) is 9.37. The molecule has 1 aromatic carbocycles. The quantitative estimate of drug-likeness (QED) is 0.699. The summed E-state index contributed by atoms with van der Waals surface area (Å²) in [7, 11) is 5.33. The number of ether oxygens (including phenoxy) is 1. The molecule has 2 rings (SSSR count). The zero-order valence-corrected chi connectivity index (χ0v) is 16.8. The van der Waals surface area contributed by atoms with Crippen molar-refractivity contribution in [3.05, 3.63) is 58.4 Å². The fourth-order valence-electron chi connectivity index (χ4n) is 3.30. The molecule has 1 unspecified atom stereocenters. The molecule has 2 aromatic rings. The highest BCUT2D eigenvalue weighted by Crippen LogP contribution is 2.22. The number of amides is 1. The highest BCUT2D eigenvalue weighted by molar-refractivity contribution is 6.00. The summed E-state index contributed by atoms with van der Waals surface area (Å²) < 4.78 is 4.89. The van der Waals surface area contributed by atoms with Gasteiger partial charge in [0.1, 0.15) is 5.69 Å². The molecule has 0 aliphatic heterocycles. The smallest absolute Gasteiger partial charge is 0.339 e. The van der Waals surface area contributed by atoms with Crippen molar-refractivity contribution >= 4 is 11.9 Å². The van der Waals surface area contributed by atoms with Gasteiger partial charge in [0.2, 0.25) is 0 Å². The SMILES string of the molecule is CCCc1c(C(=O)NCC(c2ccccc2)N(C)C)[nH]c(C)c1C(=O)OC. The Morgan fingerprint density at radius 3 is 2.44 bits per heavy atom. The van der Waals surface area contributed by atoms with Crippen molar-refractivity contribution in [2.75, 3.05) is 27.7 Å². The summed E-state index contributed by atoms with van der Waals surface area (Å²) in [4.78, 5) is 30.1. The number of methoxy groups -OCH3 is 1. The average molecular weight is 371 g/mol. The maximum atomic E-state index is 12.9. The summed E-state index contributed by atoms with van der Waals surface area (Å²) in [5.41, 5.74) is 3.43. The molecule has 0 fully saturated rings. The van der Waals surface area contributed by atoms with Crippen LogP contribution in [-0.4, -0.2) is 49.5 Å². The number of esters is 1. The van der Waals surface area contributed by atoms with E-state index in [4.69, 9.17) is 4.74 Å². The lowest BCUT2D eigenvalue weighted by molar-refractivity contribution is 0.0599. The van der Waals surface area contributed by atoms with Crippen LogP contribution in [0.4, 0.5) is 0 Å². The molecule has 1 heterocycles. The van der Waals surface area contributed by atoms with E-state index in [-0.39, 0.29) is 11.9 Å². The third-order valence-electron chi connectivity index (χ3n) is 4.67. The summed E-state index contributed by atoms with van der Waals surface area (Å²) in [6.45, 7) is 4.27. The van der Waals surface area contributed by atoms with Crippen LogP contribution in [0.5, 0.6) is 0 Å². The Kier molecular flexibility index (Phi) is 7.19. The van der Waals surface area contributed by atoms with Gasteiger partial charge < -0.3 is 19.9 Å². The molecule has 2 N–H and O–H groups in total. The number of carbonyl (C=O) groups is 2. The van der Waals surface area contributed by atoms with Crippen molar-refractivity contribution in [2.45, 2.75) is 32.7 Å². The maximum Gasteiger partial charge on any atom is 0.339 e. The molecule has 0 aliphatic rings. The number of benzene rings is 1. The van der Waals surface area contributed by atoms with E-state index in [1.54, 1.807) is 6.92 Å². The van der Waals surface area contributed by atoms with Crippen LogP contribution in [0.2, 0.25) is 0 Å². The molecule has 146 valence electrons. The zero-order chi connectivity index (χ0) is 20.0. The third-order valence-corrected chi connectivity index (χ3v) is 4.67. The Hall–Kier alpha value is -2.60. The van der Waals surface area contributed by atoms with Crippen molar-refractivity contribution < 1.29 is 14.3 Å². The molecule has 27 heavy (non-hydrogen) atoms. The largest absolute Gasteiger partial charge is 0.465 e. The molecule has 0 spiro atoms. The van der Waals surface area contributed by atoms with Crippen LogP contribution in [0, 0.1) is 6.92 Å². The van der Waals surface area contributed by atoms with Crippen LogP contribution in [0.15, 0.2) is 30.3 Å². The maximum absolute atomic E-state index is 12.9. The van der Waals surface area contributed by atoms with Gasteiger partial charge in [-0.25, -0.2) is 4.79 Å². The van der Waals surface area contributed by atoms with Crippen LogP contribution in [-0.2, 0) is 11.2 Å². The second-order valence-corrected chi connectivity index (χ2v) is 6.82. The number of carbonyl (C=O) groups excluding carboxylic acids is 2.